The van der Waals surface area contributed by atoms with Gasteiger partial charge in [0.2, 0.25) is 0 Å². The fourth-order valence-electron chi connectivity index (χ4n) is 4.35. The topological polar surface area (TPSA) is 0 Å². The van der Waals surface area contributed by atoms with E-state index in [4.69, 9.17) is 0 Å². The van der Waals surface area contributed by atoms with E-state index in [9.17, 15) is 0 Å². The average molecular weight is 164 g/mol. The molecule has 68 valence electrons. The van der Waals surface area contributed by atoms with Gasteiger partial charge < -0.3 is 0 Å². The molecule has 3 aliphatic rings. The molecule has 4 atom stereocenters. The predicted octanol–water partition coefficient (Wildman–Crippen LogP) is 3.32. The lowest BCUT2D eigenvalue weighted by Crippen LogP contribution is -2.53. The number of fused-ring (bicyclic) bond motifs is 2. The van der Waals surface area contributed by atoms with E-state index in [1.54, 1.807) is 25.7 Å². The van der Waals surface area contributed by atoms with E-state index in [-0.39, 0.29) is 0 Å². The highest BCUT2D eigenvalue weighted by atomic mass is 14.6. The third-order valence-corrected chi connectivity index (χ3v) is 5.47. The van der Waals surface area contributed by atoms with Gasteiger partial charge in [-0.2, -0.15) is 0 Å². The third-order valence-electron chi connectivity index (χ3n) is 5.47. The van der Waals surface area contributed by atoms with Crippen LogP contribution in [0.25, 0.3) is 0 Å². The van der Waals surface area contributed by atoms with Crippen LogP contribution in [-0.2, 0) is 0 Å². The first-order valence-corrected chi connectivity index (χ1v) is 5.79. The highest BCUT2D eigenvalue weighted by molar-refractivity contribution is 5.02. The molecule has 0 heterocycles. The highest BCUT2D eigenvalue weighted by Gasteiger charge is 2.53. The molecule has 3 saturated carbocycles. The van der Waals surface area contributed by atoms with Crippen LogP contribution in [0.1, 0.15) is 39.5 Å². The first-order chi connectivity index (χ1) is 5.79. The summed E-state index contributed by atoms with van der Waals surface area (Å²) in [5.41, 5.74) is 0. The van der Waals surface area contributed by atoms with Gasteiger partial charge in [-0.25, -0.2) is 0 Å². The molecule has 0 N–H and O–H groups in total. The van der Waals surface area contributed by atoms with Crippen molar-refractivity contribution in [1.29, 1.82) is 0 Å². The van der Waals surface area contributed by atoms with Gasteiger partial charge in [-0.15, -0.1) is 0 Å². The van der Waals surface area contributed by atoms with E-state index < -0.39 is 0 Å². The summed E-state index contributed by atoms with van der Waals surface area (Å²) in [4.78, 5) is 0. The van der Waals surface area contributed by atoms with Crippen LogP contribution < -0.4 is 0 Å². The second kappa shape index (κ2) is 2.27. The molecule has 3 rings (SSSR count). The Morgan fingerprint density at radius 2 is 0.833 bits per heavy atom. The molecule has 0 spiro atoms. The zero-order valence-electron chi connectivity index (χ0n) is 8.29. The van der Waals surface area contributed by atoms with Crippen molar-refractivity contribution >= 4 is 0 Å². The maximum atomic E-state index is 2.53. The Bertz CT molecular complexity index is 141. The molecule has 0 aromatic heterocycles. The van der Waals surface area contributed by atoms with Crippen LogP contribution in [-0.4, -0.2) is 0 Å². The minimum atomic E-state index is 1.08. The van der Waals surface area contributed by atoms with Crippen molar-refractivity contribution in [2.24, 2.45) is 35.5 Å². The number of hydrogen-bond donors (Lipinski definition) is 0. The van der Waals surface area contributed by atoms with Gasteiger partial charge in [0.25, 0.3) is 0 Å². The molecule has 0 amide bonds. The van der Waals surface area contributed by atoms with Gasteiger partial charge in [0.05, 0.1) is 0 Å². The van der Waals surface area contributed by atoms with Gasteiger partial charge in [-0.1, -0.05) is 13.8 Å². The minimum Gasteiger partial charge on any atom is -0.0620 e. The Labute approximate surface area is 75.7 Å². The van der Waals surface area contributed by atoms with Crippen LogP contribution in [0.2, 0.25) is 0 Å². The summed E-state index contributed by atoms with van der Waals surface area (Å²) in [5.74, 6) is 6.73. The molecule has 3 fully saturated rings. The summed E-state index contributed by atoms with van der Waals surface area (Å²) in [7, 11) is 0. The lowest BCUT2D eigenvalue weighted by Gasteiger charge is -2.60. The molecule has 0 heteroatoms. The summed E-state index contributed by atoms with van der Waals surface area (Å²) >= 11 is 0. The van der Waals surface area contributed by atoms with Crippen molar-refractivity contribution in [2.75, 3.05) is 0 Å². The van der Waals surface area contributed by atoms with Gasteiger partial charge in [-0.05, 0) is 61.2 Å². The second-order valence-electron chi connectivity index (χ2n) is 5.53. The zero-order chi connectivity index (χ0) is 8.29. The quantitative estimate of drug-likeness (QED) is 0.515. The summed E-state index contributed by atoms with van der Waals surface area (Å²) in [6, 6.07) is 0. The minimum absolute atomic E-state index is 1.08. The SMILES string of the molecule is CC1C2CCC2C(C)C2CCC12. The average Bonchev–Trinajstić information content (AvgIpc) is 1.78. The Morgan fingerprint density at radius 1 is 0.583 bits per heavy atom. The van der Waals surface area contributed by atoms with E-state index in [1.807, 2.05) is 0 Å². The number of rotatable bonds is 0. The summed E-state index contributed by atoms with van der Waals surface area (Å²) in [6.07, 6.45) is 6.22. The van der Waals surface area contributed by atoms with Crippen molar-refractivity contribution in [3.8, 4) is 0 Å². The van der Waals surface area contributed by atoms with Crippen LogP contribution in [0.15, 0.2) is 0 Å². The van der Waals surface area contributed by atoms with E-state index in [0.29, 0.717) is 0 Å². The van der Waals surface area contributed by atoms with Crippen LogP contribution >= 0.6 is 0 Å². The Kier molecular flexibility index (Phi) is 1.40. The molecule has 3 aliphatic carbocycles. The first-order valence-electron chi connectivity index (χ1n) is 5.79. The first kappa shape index (κ1) is 7.41. The van der Waals surface area contributed by atoms with Gasteiger partial charge in [0, 0.05) is 0 Å². The molecule has 0 radical (unpaired) electrons. The molecular formula is C12H20. The monoisotopic (exact) mass is 164 g/mol. The Balaban J connectivity index is 1.84. The van der Waals surface area contributed by atoms with E-state index in [2.05, 4.69) is 13.8 Å². The van der Waals surface area contributed by atoms with E-state index in [1.165, 1.54) is 0 Å². The Hall–Kier alpha value is 0. The van der Waals surface area contributed by atoms with Gasteiger partial charge in [0.15, 0.2) is 0 Å². The van der Waals surface area contributed by atoms with Crippen molar-refractivity contribution in [3.05, 3.63) is 0 Å². The smallest absolute Gasteiger partial charge is 0.0355 e. The molecule has 0 aromatic rings. The molecule has 12 heavy (non-hydrogen) atoms. The second-order valence-corrected chi connectivity index (χ2v) is 5.53. The van der Waals surface area contributed by atoms with Crippen LogP contribution in [0.5, 0.6) is 0 Å². The zero-order valence-corrected chi connectivity index (χ0v) is 8.29. The molecule has 0 saturated heterocycles. The van der Waals surface area contributed by atoms with Crippen LogP contribution in [0.3, 0.4) is 0 Å². The lowest BCUT2D eigenvalue weighted by molar-refractivity contribution is -0.110. The highest BCUT2D eigenvalue weighted by Crippen LogP contribution is 2.61. The van der Waals surface area contributed by atoms with Crippen molar-refractivity contribution in [3.63, 3.8) is 0 Å². The van der Waals surface area contributed by atoms with Gasteiger partial charge in [0.1, 0.15) is 0 Å². The van der Waals surface area contributed by atoms with E-state index in [0.717, 1.165) is 35.5 Å². The predicted molar refractivity (Wildman–Crippen MR) is 50.8 cm³/mol. The normalized spacial score (nSPS) is 62.5. The van der Waals surface area contributed by atoms with Crippen molar-refractivity contribution in [1.82, 2.24) is 0 Å². The lowest BCUT2D eigenvalue weighted by atomic mass is 9.45. The van der Waals surface area contributed by atoms with Crippen LogP contribution in [0.4, 0.5) is 0 Å². The Morgan fingerprint density at radius 3 is 1.00 bits per heavy atom. The fraction of sp³-hybridized carbons (Fsp3) is 1.00. The number of hydrogen-bond acceptors (Lipinski definition) is 0. The molecular weight excluding hydrogens is 144 g/mol. The summed E-state index contributed by atoms with van der Waals surface area (Å²) in [6.45, 7) is 5.05. The molecule has 0 aliphatic heterocycles. The summed E-state index contributed by atoms with van der Waals surface area (Å²) in [5, 5.41) is 0. The fourth-order valence-corrected chi connectivity index (χ4v) is 4.35. The van der Waals surface area contributed by atoms with Crippen molar-refractivity contribution in [2.45, 2.75) is 39.5 Å². The van der Waals surface area contributed by atoms with Gasteiger partial charge in [-0.3, -0.25) is 0 Å². The van der Waals surface area contributed by atoms with E-state index >= 15 is 0 Å². The third kappa shape index (κ3) is 0.701. The molecule has 0 nitrogen and oxygen atoms in total. The van der Waals surface area contributed by atoms with Gasteiger partial charge >= 0.3 is 0 Å². The molecule has 4 unspecified atom stereocenters. The standard InChI is InChI=1S/C12H20/c1-7-9-3-5-11(9)8(2)12-6-4-10(7)12/h7-12H,3-6H2,1-2H3. The molecule has 0 aromatic carbocycles. The largest absolute Gasteiger partial charge is 0.0620 e. The molecule has 0 bridgehead atoms. The maximum absolute atomic E-state index is 2.53. The van der Waals surface area contributed by atoms with Crippen LogP contribution in [0, 0.1) is 35.5 Å². The van der Waals surface area contributed by atoms with Crippen molar-refractivity contribution < 1.29 is 0 Å². The summed E-state index contributed by atoms with van der Waals surface area (Å²) < 4.78 is 0. The maximum Gasteiger partial charge on any atom is -0.0355 e.